The third kappa shape index (κ3) is 2.68. The quantitative estimate of drug-likeness (QED) is 0.930. The van der Waals surface area contributed by atoms with Crippen LogP contribution < -0.4 is 5.32 Å². The fourth-order valence-corrected chi connectivity index (χ4v) is 2.69. The van der Waals surface area contributed by atoms with E-state index in [2.05, 4.69) is 44.6 Å². The first kappa shape index (κ1) is 13.6. The molecule has 23 heavy (non-hydrogen) atoms. The molecule has 1 atom stereocenters. The third-order valence-electron chi connectivity index (χ3n) is 3.82. The molecule has 0 fully saturated rings. The second-order valence-corrected chi connectivity index (χ2v) is 5.30. The molecule has 0 spiro atoms. The van der Waals surface area contributed by atoms with Crippen LogP contribution >= 0.6 is 0 Å². The van der Waals surface area contributed by atoms with Crippen molar-refractivity contribution in [2.24, 2.45) is 20.0 Å². The summed E-state index contributed by atoms with van der Waals surface area (Å²) in [5.74, 6) is 1.45. The normalized spacial score (nSPS) is 20.5. The van der Waals surface area contributed by atoms with Crippen LogP contribution in [0.4, 0.5) is 0 Å². The lowest BCUT2D eigenvalue weighted by atomic mass is 9.99. The van der Waals surface area contributed by atoms with Crippen LogP contribution in [0.1, 0.15) is 17.2 Å². The summed E-state index contributed by atoms with van der Waals surface area (Å²) in [5, 5.41) is 3.02. The molecule has 0 aromatic heterocycles. The molecule has 0 bridgehead atoms. The summed E-state index contributed by atoms with van der Waals surface area (Å²) in [6.45, 7) is 0. The number of benzene rings is 2. The zero-order chi connectivity index (χ0) is 15.5. The zero-order valence-electron chi connectivity index (χ0n) is 12.4. The van der Waals surface area contributed by atoms with Gasteiger partial charge in [0.2, 0.25) is 0 Å². The Morgan fingerprint density at radius 1 is 0.913 bits per heavy atom. The SMILES string of the molecule is C1=NC(=NC(c2ccccc2)c2ccccc2)C2N=CN=C2N1. The van der Waals surface area contributed by atoms with Crippen molar-refractivity contribution in [3.8, 4) is 0 Å². The average molecular weight is 301 g/mol. The fourth-order valence-electron chi connectivity index (χ4n) is 2.69. The van der Waals surface area contributed by atoms with Crippen molar-refractivity contribution < 1.29 is 0 Å². The summed E-state index contributed by atoms with van der Waals surface area (Å²) < 4.78 is 0. The van der Waals surface area contributed by atoms with Gasteiger partial charge < -0.3 is 5.32 Å². The van der Waals surface area contributed by atoms with Gasteiger partial charge in [-0.2, -0.15) is 0 Å². The van der Waals surface area contributed by atoms with Crippen LogP contribution in [0.2, 0.25) is 0 Å². The number of amidine groups is 2. The number of nitrogens with one attached hydrogen (secondary N) is 1. The van der Waals surface area contributed by atoms with E-state index in [1.54, 1.807) is 12.7 Å². The van der Waals surface area contributed by atoms with Crippen molar-refractivity contribution >= 4 is 24.3 Å². The lowest BCUT2D eigenvalue weighted by Gasteiger charge is -2.19. The highest BCUT2D eigenvalue weighted by molar-refractivity contribution is 6.21. The largest absolute Gasteiger partial charge is 0.332 e. The maximum absolute atomic E-state index is 4.90. The molecule has 2 aromatic rings. The van der Waals surface area contributed by atoms with Crippen LogP contribution in [0.25, 0.3) is 0 Å². The van der Waals surface area contributed by atoms with E-state index >= 15 is 0 Å². The Bertz CT molecular complexity index is 766. The summed E-state index contributed by atoms with van der Waals surface area (Å²) in [5.41, 5.74) is 2.25. The summed E-state index contributed by atoms with van der Waals surface area (Å²) in [7, 11) is 0. The second kappa shape index (κ2) is 5.96. The standard InChI is InChI=1S/C18H15N5/c1-3-7-13(8-4-1)15(14-9-5-2-6-10-14)23-18-16-17(20-11-19-16)21-12-22-18/h1-12,15-16H,(H,19,20,21,22,23). The van der Waals surface area contributed by atoms with Crippen LogP contribution in [0.5, 0.6) is 0 Å². The molecule has 2 heterocycles. The summed E-state index contributed by atoms with van der Waals surface area (Å²) in [6.07, 6.45) is 3.17. The van der Waals surface area contributed by atoms with Crippen LogP contribution in [0.15, 0.2) is 80.6 Å². The monoisotopic (exact) mass is 301 g/mol. The number of hydrogen-bond acceptors (Lipinski definition) is 4. The summed E-state index contributed by atoms with van der Waals surface area (Å²) in [6, 6.07) is 20.1. The minimum Gasteiger partial charge on any atom is -0.332 e. The average Bonchev–Trinajstić information content (AvgIpc) is 3.11. The molecule has 2 aromatic carbocycles. The Morgan fingerprint density at radius 2 is 1.57 bits per heavy atom. The van der Waals surface area contributed by atoms with Gasteiger partial charge in [-0.15, -0.1) is 0 Å². The maximum Gasteiger partial charge on any atom is 0.168 e. The van der Waals surface area contributed by atoms with E-state index in [0.717, 1.165) is 17.0 Å². The lowest BCUT2D eigenvalue weighted by Crippen LogP contribution is -2.40. The van der Waals surface area contributed by atoms with E-state index in [1.165, 1.54) is 0 Å². The first-order valence-corrected chi connectivity index (χ1v) is 7.48. The number of aliphatic imine (C=N–C) groups is 4. The van der Waals surface area contributed by atoms with Gasteiger partial charge >= 0.3 is 0 Å². The van der Waals surface area contributed by atoms with E-state index in [0.29, 0.717) is 5.84 Å². The lowest BCUT2D eigenvalue weighted by molar-refractivity contribution is 0.857. The molecule has 0 aliphatic carbocycles. The minimum atomic E-state index is -0.227. The van der Waals surface area contributed by atoms with E-state index in [9.17, 15) is 0 Å². The molecule has 112 valence electrons. The van der Waals surface area contributed by atoms with Crippen LogP contribution in [-0.4, -0.2) is 30.4 Å². The number of hydrogen-bond donors (Lipinski definition) is 1. The van der Waals surface area contributed by atoms with E-state index in [1.807, 2.05) is 36.4 Å². The molecule has 1 unspecified atom stereocenters. The van der Waals surface area contributed by atoms with Crippen LogP contribution in [0, 0.1) is 0 Å². The second-order valence-electron chi connectivity index (χ2n) is 5.30. The summed E-state index contributed by atoms with van der Waals surface area (Å²) in [4.78, 5) is 17.8. The van der Waals surface area contributed by atoms with E-state index < -0.39 is 0 Å². The van der Waals surface area contributed by atoms with Gasteiger partial charge in [0.05, 0.1) is 6.34 Å². The van der Waals surface area contributed by atoms with Gasteiger partial charge in [0, 0.05) is 0 Å². The molecule has 2 aliphatic heterocycles. The summed E-state index contributed by atoms with van der Waals surface area (Å²) >= 11 is 0. The van der Waals surface area contributed by atoms with Crippen LogP contribution in [0.3, 0.4) is 0 Å². The van der Waals surface area contributed by atoms with Gasteiger partial charge in [-0.05, 0) is 11.1 Å². The number of fused-ring (bicyclic) bond motifs is 1. The van der Waals surface area contributed by atoms with Gasteiger partial charge in [-0.3, -0.25) is 9.98 Å². The number of nitrogens with zero attached hydrogens (tertiary/aromatic N) is 4. The maximum atomic E-state index is 4.90. The van der Waals surface area contributed by atoms with Crippen molar-refractivity contribution in [1.82, 2.24) is 5.32 Å². The van der Waals surface area contributed by atoms with Gasteiger partial charge in [-0.1, -0.05) is 60.7 Å². The van der Waals surface area contributed by atoms with Crippen molar-refractivity contribution in [1.29, 1.82) is 0 Å². The minimum absolute atomic E-state index is 0.111. The fraction of sp³-hybridized carbons (Fsp3) is 0.111. The molecule has 4 rings (SSSR count). The zero-order valence-corrected chi connectivity index (χ0v) is 12.4. The molecular weight excluding hydrogens is 286 g/mol. The molecule has 5 heteroatoms. The molecule has 0 saturated heterocycles. The highest BCUT2D eigenvalue weighted by Crippen LogP contribution is 2.27. The Hall–Kier alpha value is -3.08. The first-order valence-electron chi connectivity index (χ1n) is 7.48. The van der Waals surface area contributed by atoms with Crippen molar-refractivity contribution in [3.05, 3.63) is 71.8 Å². The molecule has 5 nitrogen and oxygen atoms in total. The van der Waals surface area contributed by atoms with E-state index in [-0.39, 0.29) is 12.1 Å². The molecular formula is C18H15N5. The molecule has 0 amide bonds. The van der Waals surface area contributed by atoms with Gasteiger partial charge in [0.1, 0.15) is 18.2 Å². The Balaban J connectivity index is 1.79. The highest BCUT2D eigenvalue weighted by Gasteiger charge is 2.27. The van der Waals surface area contributed by atoms with Crippen LogP contribution in [-0.2, 0) is 0 Å². The Morgan fingerprint density at radius 3 is 2.22 bits per heavy atom. The third-order valence-corrected chi connectivity index (χ3v) is 3.82. The van der Waals surface area contributed by atoms with Gasteiger partial charge in [-0.25, -0.2) is 9.98 Å². The van der Waals surface area contributed by atoms with Crippen molar-refractivity contribution in [3.63, 3.8) is 0 Å². The van der Waals surface area contributed by atoms with Gasteiger partial charge in [0.25, 0.3) is 0 Å². The number of rotatable bonds is 3. The molecule has 2 aliphatic rings. The van der Waals surface area contributed by atoms with Crippen molar-refractivity contribution in [2.75, 3.05) is 0 Å². The van der Waals surface area contributed by atoms with E-state index in [4.69, 9.17) is 4.99 Å². The smallest absolute Gasteiger partial charge is 0.168 e. The highest BCUT2D eigenvalue weighted by atomic mass is 15.2. The Kier molecular flexibility index (Phi) is 3.52. The molecule has 0 radical (unpaired) electrons. The Labute approximate surface area is 134 Å². The topological polar surface area (TPSA) is 61.5 Å². The van der Waals surface area contributed by atoms with Crippen molar-refractivity contribution in [2.45, 2.75) is 12.1 Å². The predicted molar refractivity (Wildman–Crippen MR) is 93.5 cm³/mol. The predicted octanol–water partition coefficient (Wildman–Crippen LogP) is 2.62. The molecule has 0 saturated carbocycles. The van der Waals surface area contributed by atoms with Gasteiger partial charge in [0.15, 0.2) is 11.9 Å². The molecule has 1 N–H and O–H groups in total. The first-order chi connectivity index (χ1) is 11.4.